The second kappa shape index (κ2) is 4.82. The Morgan fingerprint density at radius 1 is 1.44 bits per heavy atom. The third-order valence-corrected chi connectivity index (χ3v) is 1.67. The maximum Gasteiger partial charge on any atom is 0.405 e. The predicted octanol–water partition coefficient (Wildman–Crippen LogP) is 1.53. The molecule has 0 bridgehead atoms. The van der Waals surface area contributed by atoms with Gasteiger partial charge in [-0.2, -0.15) is 13.2 Å². The van der Waals surface area contributed by atoms with Gasteiger partial charge >= 0.3 is 12.1 Å². The van der Waals surface area contributed by atoms with Crippen LogP contribution in [0.25, 0.3) is 0 Å². The number of carbonyl (C=O) groups is 1. The molecule has 16 heavy (non-hydrogen) atoms. The molecule has 7 heteroatoms. The van der Waals surface area contributed by atoms with Crippen molar-refractivity contribution in [3.8, 4) is 0 Å². The van der Waals surface area contributed by atoms with E-state index in [1.165, 1.54) is 24.4 Å². The minimum atomic E-state index is -4.47. The number of aromatic nitrogens is 1. The minimum absolute atomic E-state index is 0.0118. The number of hydrogen-bond donors (Lipinski definition) is 1. The van der Waals surface area contributed by atoms with Gasteiger partial charge in [0.05, 0.1) is 0 Å². The Balaban J connectivity index is 2.84. The molecule has 0 aliphatic carbocycles. The number of hydrogen-bond acceptors (Lipinski definition) is 3. The van der Waals surface area contributed by atoms with E-state index < -0.39 is 25.2 Å². The third kappa shape index (κ3) is 4.16. The number of rotatable bonds is 4. The van der Waals surface area contributed by atoms with Crippen LogP contribution >= 0.6 is 0 Å². The molecule has 1 aromatic rings. The molecule has 0 amide bonds. The van der Waals surface area contributed by atoms with Crippen molar-refractivity contribution < 1.29 is 23.1 Å². The van der Waals surface area contributed by atoms with Crippen molar-refractivity contribution in [2.75, 3.05) is 18.0 Å². The predicted molar refractivity (Wildman–Crippen MR) is 50.1 cm³/mol. The molecule has 4 nitrogen and oxygen atoms in total. The number of carboxylic acids is 1. The van der Waals surface area contributed by atoms with Crippen LogP contribution in [0.2, 0.25) is 0 Å². The highest BCUT2D eigenvalue weighted by Crippen LogP contribution is 2.19. The van der Waals surface area contributed by atoms with Gasteiger partial charge in [0.1, 0.15) is 18.9 Å². The van der Waals surface area contributed by atoms with Crippen LogP contribution in [-0.4, -0.2) is 35.3 Å². The first kappa shape index (κ1) is 12.3. The summed E-state index contributed by atoms with van der Waals surface area (Å²) >= 11 is 0. The normalized spacial score (nSPS) is 11.2. The van der Waals surface area contributed by atoms with E-state index in [2.05, 4.69) is 4.98 Å². The topological polar surface area (TPSA) is 53.4 Å². The van der Waals surface area contributed by atoms with Crippen LogP contribution in [0.5, 0.6) is 0 Å². The van der Waals surface area contributed by atoms with Crippen molar-refractivity contribution in [1.29, 1.82) is 0 Å². The van der Waals surface area contributed by atoms with Crippen LogP contribution in [0.1, 0.15) is 0 Å². The summed E-state index contributed by atoms with van der Waals surface area (Å²) in [6.07, 6.45) is -3.16. The maximum atomic E-state index is 12.2. The molecule has 0 aromatic carbocycles. The van der Waals surface area contributed by atoms with Crippen LogP contribution in [0, 0.1) is 0 Å². The van der Waals surface area contributed by atoms with Gasteiger partial charge < -0.3 is 10.0 Å². The highest BCUT2D eigenvalue weighted by Gasteiger charge is 2.32. The van der Waals surface area contributed by atoms with Gasteiger partial charge in [-0.05, 0) is 12.1 Å². The summed E-state index contributed by atoms with van der Waals surface area (Å²) in [6.45, 7) is -2.08. The molecule has 0 aliphatic rings. The summed E-state index contributed by atoms with van der Waals surface area (Å²) in [5.41, 5.74) is 0. The van der Waals surface area contributed by atoms with Crippen LogP contribution < -0.4 is 4.90 Å². The highest BCUT2D eigenvalue weighted by atomic mass is 19.4. The molecule has 1 N–H and O–H groups in total. The van der Waals surface area contributed by atoms with E-state index in [9.17, 15) is 18.0 Å². The number of halogens is 3. The lowest BCUT2D eigenvalue weighted by Crippen LogP contribution is -2.38. The van der Waals surface area contributed by atoms with Crippen molar-refractivity contribution in [2.45, 2.75) is 6.18 Å². The number of pyridine rings is 1. The van der Waals surface area contributed by atoms with Gasteiger partial charge in [-0.3, -0.25) is 4.79 Å². The highest BCUT2D eigenvalue weighted by molar-refractivity contribution is 5.73. The van der Waals surface area contributed by atoms with Crippen molar-refractivity contribution in [3.05, 3.63) is 24.4 Å². The van der Waals surface area contributed by atoms with Crippen LogP contribution in [0.15, 0.2) is 24.4 Å². The fourth-order valence-electron chi connectivity index (χ4n) is 1.14. The van der Waals surface area contributed by atoms with E-state index in [4.69, 9.17) is 5.11 Å². The van der Waals surface area contributed by atoms with Gasteiger partial charge in [0, 0.05) is 6.20 Å². The zero-order valence-electron chi connectivity index (χ0n) is 8.11. The quantitative estimate of drug-likeness (QED) is 0.858. The lowest BCUT2D eigenvalue weighted by molar-refractivity contribution is -0.136. The lowest BCUT2D eigenvalue weighted by atomic mass is 10.4. The Morgan fingerprint density at radius 2 is 2.12 bits per heavy atom. The molecule has 88 valence electrons. The summed E-state index contributed by atoms with van der Waals surface area (Å²) in [4.78, 5) is 14.8. The second-order valence-electron chi connectivity index (χ2n) is 3.05. The molecule has 0 spiro atoms. The van der Waals surface area contributed by atoms with Crippen molar-refractivity contribution in [1.82, 2.24) is 4.98 Å². The van der Waals surface area contributed by atoms with Gasteiger partial charge in [0.15, 0.2) is 0 Å². The Kier molecular flexibility index (Phi) is 3.70. The summed E-state index contributed by atoms with van der Waals surface area (Å²) < 4.78 is 36.5. The number of carboxylic acid groups (broad SMARTS) is 1. The molecule has 0 radical (unpaired) electrons. The number of nitrogens with zero attached hydrogens (tertiary/aromatic N) is 2. The smallest absolute Gasteiger partial charge is 0.405 e. The Hall–Kier alpha value is -1.79. The molecule has 1 rings (SSSR count). The van der Waals surface area contributed by atoms with Gasteiger partial charge in [-0.25, -0.2) is 4.98 Å². The molecular formula is C9H9F3N2O2. The van der Waals surface area contributed by atoms with Gasteiger partial charge in [0.25, 0.3) is 0 Å². The van der Waals surface area contributed by atoms with Crippen molar-refractivity contribution >= 4 is 11.8 Å². The summed E-state index contributed by atoms with van der Waals surface area (Å²) in [7, 11) is 0. The molecule has 0 saturated heterocycles. The summed E-state index contributed by atoms with van der Waals surface area (Å²) in [5.74, 6) is -1.35. The molecule has 0 saturated carbocycles. The minimum Gasteiger partial charge on any atom is -0.480 e. The summed E-state index contributed by atoms with van der Waals surface area (Å²) in [6, 6.07) is 4.36. The SMILES string of the molecule is O=C(O)CN(CC(F)(F)F)c1ccccn1. The molecular weight excluding hydrogens is 225 g/mol. The first-order valence-corrected chi connectivity index (χ1v) is 4.33. The number of anilines is 1. The fraction of sp³-hybridized carbons (Fsp3) is 0.333. The fourth-order valence-corrected chi connectivity index (χ4v) is 1.14. The lowest BCUT2D eigenvalue weighted by Gasteiger charge is -2.22. The molecule has 0 unspecified atom stereocenters. The van der Waals surface area contributed by atoms with Crippen molar-refractivity contribution in [2.24, 2.45) is 0 Å². The van der Waals surface area contributed by atoms with E-state index in [-0.39, 0.29) is 5.82 Å². The molecule has 0 aliphatic heterocycles. The van der Waals surface area contributed by atoms with Gasteiger partial charge in [0.2, 0.25) is 0 Å². The maximum absolute atomic E-state index is 12.2. The van der Waals surface area contributed by atoms with E-state index in [0.29, 0.717) is 4.90 Å². The van der Waals surface area contributed by atoms with Crippen molar-refractivity contribution in [3.63, 3.8) is 0 Å². The second-order valence-corrected chi connectivity index (χ2v) is 3.05. The zero-order chi connectivity index (χ0) is 12.2. The molecule has 1 aromatic heterocycles. The van der Waals surface area contributed by atoms with E-state index in [1.54, 1.807) is 0 Å². The average molecular weight is 234 g/mol. The monoisotopic (exact) mass is 234 g/mol. The zero-order valence-corrected chi connectivity index (χ0v) is 8.11. The van der Waals surface area contributed by atoms with E-state index in [1.807, 2.05) is 0 Å². The molecule has 0 atom stereocenters. The van der Waals surface area contributed by atoms with Crippen LogP contribution in [0.3, 0.4) is 0 Å². The average Bonchev–Trinajstić information content (AvgIpc) is 2.15. The largest absolute Gasteiger partial charge is 0.480 e. The van der Waals surface area contributed by atoms with Gasteiger partial charge in [-0.1, -0.05) is 6.07 Å². The Labute approximate surface area is 89.3 Å². The van der Waals surface area contributed by atoms with E-state index in [0.717, 1.165) is 0 Å². The summed E-state index contributed by atoms with van der Waals surface area (Å²) in [5, 5.41) is 8.51. The number of aliphatic carboxylic acids is 1. The third-order valence-electron chi connectivity index (χ3n) is 1.67. The standard InChI is InChI=1S/C9H9F3N2O2/c10-9(11,12)6-14(5-8(15)16)7-3-1-2-4-13-7/h1-4H,5-6H2,(H,15,16). The Bertz CT molecular complexity index is 354. The molecule has 1 heterocycles. The van der Waals surface area contributed by atoms with E-state index >= 15 is 0 Å². The first-order chi connectivity index (χ1) is 7.38. The van der Waals surface area contributed by atoms with Crippen LogP contribution in [-0.2, 0) is 4.79 Å². The van der Waals surface area contributed by atoms with Gasteiger partial charge in [-0.15, -0.1) is 0 Å². The first-order valence-electron chi connectivity index (χ1n) is 4.33. The number of alkyl halides is 3. The van der Waals surface area contributed by atoms with Crippen LogP contribution in [0.4, 0.5) is 19.0 Å². The Morgan fingerprint density at radius 3 is 2.56 bits per heavy atom. The molecule has 0 fully saturated rings.